The van der Waals surface area contributed by atoms with Gasteiger partial charge < -0.3 is 4.74 Å². The molecule has 0 N–H and O–H groups in total. The molecule has 0 unspecified atom stereocenters. The Hall–Kier alpha value is -1.20. The van der Waals surface area contributed by atoms with Gasteiger partial charge in [0.05, 0.1) is 11.5 Å². The molecular formula is C10H11ClN2O2S. The van der Waals surface area contributed by atoms with Crippen LogP contribution in [0.3, 0.4) is 0 Å². The van der Waals surface area contributed by atoms with E-state index in [4.69, 9.17) is 16.3 Å². The highest BCUT2D eigenvalue weighted by Crippen LogP contribution is 2.11. The lowest BCUT2D eigenvalue weighted by molar-refractivity contribution is -0.134. The summed E-state index contributed by atoms with van der Waals surface area (Å²) in [6, 6.07) is 3.60. The first-order valence-electron chi connectivity index (χ1n) is 4.64. The highest BCUT2D eigenvalue weighted by Gasteiger charge is 2.16. The van der Waals surface area contributed by atoms with Crippen LogP contribution in [0.1, 0.15) is 18.7 Å². The number of halogens is 1. The summed E-state index contributed by atoms with van der Waals surface area (Å²) in [5, 5.41) is 9.56. The molecule has 1 heterocycles. The van der Waals surface area contributed by atoms with E-state index in [1.165, 1.54) is 11.3 Å². The van der Waals surface area contributed by atoms with Crippen molar-refractivity contribution in [2.24, 2.45) is 10.2 Å². The van der Waals surface area contributed by atoms with Crippen molar-refractivity contribution in [1.29, 1.82) is 0 Å². The molecule has 0 aliphatic carbocycles. The van der Waals surface area contributed by atoms with Gasteiger partial charge in [0.1, 0.15) is 5.17 Å². The highest BCUT2D eigenvalue weighted by molar-refractivity contribution is 7.13. The molecule has 0 aromatic carbocycles. The molecule has 86 valence electrons. The van der Waals surface area contributed by atoms with Crippen molar-refractivity contribution in [2.45, 2.75) is 13.8 Å². The Morgan fingerprint density at radius 2 is 2.31 bits per heavy atom. The summed E-state index contributed by atoms with van der Waals surface area (Å²) >= 11 is 6.95. The highest BCUT2D eigenvalue weighted by atomic mass is 35.5. The average Bonchev–Trinajstić information content (AvgIpc) is 2.71. The minimum absolute atomic E-state index is 0.178. The third-order valence-corrected chi connectivity index (χ3v) is 2.46. The molecule has 4 nitrogen and oxygen atoms in total. The van der Waals surface area contributed by atoms with E-state index in [0.717, 1.165) is 0 Å². The van der Waals surface area contributed by atoms with E-state index in [2.05, 4.69) is 10.2 Å². The van der Waals surface area contributed by atoms with Gasteiger partial charge >= 0.3 is 5.97 Å². The number of nitrogens with zero attached hydrogens (tertiary/aromatic N) is 2. The maximum absolute atomic E-state index is 11.6. The summed E-state index contributed by atoms with van der Waals surface area (Å²) in [5.74, 6) is -0.494. The van der Waals surface area contributed by atoms with Crippen molar-refractivity contribution >= 4 is 39.8 Å². The van der Waals surface area contributed by atoms with Gasteiger partial charge in [-0.3, -0.25) is 0 Å². The molecule has 1 aromatic rings. The third-order valence-electron chi connectivity index (χ3n) is 1.51. The maximum atomic E-state index is 11.6. The van der Waals surface area contributed by atoms with Crippen LogP contribution in [0.25, 0.3) is 0 Å². The summed E-state index contributed by atoms with van der Waals surface area (Å²) in [4.78, 5) is 12.3. The number of hydrogen-bond acceptors (Lipinski definition) is 5. The van der Waals surface area contributed by atoms with Gasteiger partial charge in [0.2, 0.25) is 0 Å². The molecule has 1 rings (SSSR count). The van der Waals surface area contributed by atoms with Crippen molar-refractivity contribution in [2.75, 3.05) is 6.61 Å². The zero-order chi connectivity index (χ0) is 12.0. The van der Waals surface area contributed by atoms with Crippen molar-refractivity contribution in [3.8, 4) is 0 Å². The van der Waals surface area contributed by atoms with Crippen molar-refractivity contribution in [3.63, 3.8) is 0 Å². The van der Waals surface area contributed by atoms with Gasteiger partial charge in [-0.15, -0.1) is 21.5 Å². The van der Waals surface area contributed by atoms with Crippen LogP contribution in [-0.2, 0) is 9.53 Å². The Morgan fingerprint density at radius 3 is 2.81 bits per heavy atom. The van der Waals surface area contributed by atoms with Gasteiger partial charge in [0.25, 0.3) is 0 Å². The lowest BCUT2D eigenvalue weighted by Crippen LogP contribution is -2.17. The molecule has 0 saturated heterocycles. The van der Waals surface area contributed by atoms with E-state index >= 15 is 0 Å². The van der Waals surface area contributed by atoms with Crippen LogP contribution in [0.5, 0.6) is 0 Å². The minimum Gasteiger partial charge on any atom is -0.461 e. The lowest BCUT2D eigenvalue weighted by Gasteiger charge is -2.01. The van der Waals surface area contributed by atoms with Gasteiger partial charge in [-0.25, -0.2) is 4.79 Å². The number of carbonyl (C=O) groups excluding carboxylic acids is 1. The van der Waals surface area contributed by atoms with Crippen molar-refractivity contribution in [1.82, 2.24) is 0 Å². The van der Waals surface area contributed by atoms with Crippen molar-refractivity contribution < 1.29 is 9.53 Å². The Bertz CT molecular complexity index is 408. The third kappa shape index (κ3) is 3.75. The second kappa shape index (κ2) is 6.40. The van der Waals surface area contributed by atoms with Gasteiger partial charge in [-0.05, 0) is 25.3 Å². The number of esters is 1. The summed E-state index contributed by atoms with van der Waals surface area (Å²) in [5.41, 5.74) is 0.178. The molecule has 0 bridgehead atoms. The van der Waals surface area contributed by atoms with Gasteiger partial charge in [-0.2, -0.15) is 0 Å². The van der Waals surface area contributed by atoms with Crippen molar-refractivity contribution in [3.05, 3.63) is 22.4 Å². The molecular weight excluding hydrogens is 248 g/mol. The van der Waals surface area contributed by atoms with Crippen LogP contribution in [0.15, 0.2) is 27.7 Å². The van der Waals surface area contributed by atoms with E-state index in [-0.39, 0.29) is 10.9 Å². The molecule has 0 spiro atoms. The number of rotatable bonds is 4. The fourth-order valence-electron chi connectivity index (χ4n) is 0.922. The van der Waals surface area contributed by atoms with Gasteiger partial charge in [-0.1, -0.05) is 17.7 Å². The zero-order valence-corrected chi connectivity index (χ0v) is 10.5. The van der Waals surface area contributed by atoms with E-state index in [1.54, 1.807) is 19.9 Å². The average molecular weight is 259 g/mol. The topological polar surface area (TPSA) is 51.0 Å². The normalized spacial score (nSPS) is 12.7. The van der Waals surface area contributed by atoms with E-state index in [0.29, 0.717) is 11.5 Å². The molecule has 0 atom stereocenters. The second-order valence-electron chi connectivity index (χ2n) is 2.74. The van der Waals surface area contributed by atoms with E-state index in [1.807, 2.05) is 11.4 Å². The molecule has 16 heavy (non-hydrogen) atoms. The molecule has 0 fully saturated rings. The lowest BCUT2D eigenvalue weighted by atomic mass is 10.3. The van der Waals surface area contributed by atoms with Crippen LogP contribution in [-0.4, -0.2) is 23.5 Å². The molecule has 0 aliphatic heterocycles. The molecule has 1 aromatic heterocycles. The molecule has 0 amide bonds. The fraction of sp³-hybridized carbons (Fsp3) is 0.300. The number of hydrogen-bond donors (Lipinski definition) is 0. The Labute approximate surface area is 103 Å². The zero-order valence-electron chi connectivity index (χ0n) is 8.94. The first kappa shape index (κ1) is 12.9. The van der Waals surface area contributed by atoms with E-state index < -0.39 is 5.97 Å². The smallest absolute Gasteiger partial charge is 0.360 e. The van der Waals surface area contributed by atoms with Crippen LogP contribution >= 0.6 is 22.9 Å². The summed E-state index contributed by atoms with van der Waals surface area (Å²) < 4.78 is 4.88. The molecule has 0 aliphatic rings. The van der Waals surface area contributed by atoms with Crippen LogP contribution in [0, 0.1) is 0 Å². The summed E-state index contributed by atoms with van der Waals surface area (Å²) in [7, 11) is 0. The first-order valence-corrected chi connectivity index (χ1v) is 5.89. The predicted octanol–water partition coefficient (Wildman–Crippen LogP) is 2.67. The molecule has 6 heteroatoms. The molecule has 0 saturated carbocycles. The standard InChI is InChI=1S/C10H11ClN2O2S/c1-3-15-10(14)9(13-12-7(2)11)8-5-4-6-16-8/h4-6H,3H2,1-2H3. The van der Waals surface area contributed by atoms with Crippen LogP contribution < -0.4 is 0 Å². The van der Waals surface area contributed by atoms with Crippen LogP contribution in [0.2, 0.25) is 0 Å². The Kier molecular flexibility index (Phi) is 5.14. The van der Waals surface area contributed by atoms with Gasteiger partial charge in [0, 0.05) is 0 Å². The van der Waals surface area contributed by atoms with Gasteiger partial charge in [0.15, 0.2) is 5.71 Å². The first-order chi connectivity index (χ1) is 7.65. The Balaban J connectivity index is 2.99. The van der Waals surface area contributed by atoms with E-state index in [9.17, 15) is 4.79 Å². The quantitative estimate of drug-likeness (QED) is 0.474. The van der Waals surface area contributed by atoms with Crippen LogP contribution in [0.4, 0.5) is 0 Å². The number of carbonyl (C=O) groups is 1. The SMILES string of the molecule is CCOC(=O)C(=NN=C(C)Cl)c1cccs1. The predicted molar refractivity (Wildman–Crippen MR) is 66.5 cm³/mol. The second-order valence-corrected chi connectivity index (χ2v) is 4.24. The Morgan fingerprint density at radius 1 is 1.56 bits per heavy atom. The summed E-state index contributed by atoms with van der Waals surface area (Å²) in [6.07, 6.45) is 0. The number of thiophene rings is 1. The maximum Gasteiger partial charge on any atom is 0.360 e. The molecule has 0 radical (unpaired) electrons. The largest absolute Gasteiger partial charge is 0.461 e. The fourth-order valence-corrected chi connectivity index (χ4v) is 1.66. The summed E-state index contributed by atoms with van der Waals surface area (Å²) in [6.45, 7) is 3.62. The number of ether oxygens (including phenoxy) is 1. The monoisotopic (exact) mass is 258 g/mol. The minimum atomic E-state index is -0.494.